The highest BCUT2D eigenvalue weighted by Crippen LogP contribution is 2.38. The van der Waals surface area contributed by atoms with Gasteiger partial charge in [0.25, 0.3) is 17.7 Å². The number of hydrogen-bond acceptors (Lipinski definition) is 15. The molecule has 7 amide bonds. The van der Waals surface area contributed by atoms with Gasteiger partial charge in [-0.25, -0.2) is 14.4 Å². The van der Waals surface area contributed by atoms with E-state index in [2.05, 4.69) is 41.1 Å². The van der Waals surface area contributed by atoms with Crippen LogP contribution < -0.4 is 36.6 Å². The molecule has 2 aromatic heterocycles. The maximum absolute atomic E-state index is 16.1. The molecule has 0 radical (unpaired) electrons. The zero-order valence-corrected chi connectivity index (χ0v) is 40.6. The first-order valence-electron chi connectivity index (χ1n) is 24.0. The lowest BCUT2D eigenvalue weighted by Gasteiger charge is -2.44. The Bertz CT molecular complexity index is 2900. The van der Waals surface area contributed by atoms with Gasteiger partial charge in [0.05, 0.1) is 46.8 Å². The van der Waals surface area contributed by atoms with Gasteiger partial charge in [-0.1, -0.05) is 6.07 Å². The molecule has 4 aliphatic rings. The summed E-state index contributed by atoms with van der Waals surface area (Å²) in [5.41, 5.74) is -2.16. The number of piperidine rings is 1. The summed E-state index contributed by atoms with van der Waals surface area (Å²) in [6.07, 6.45) is -1.57. The van der Waals surface area contributed by atoms with Crippen LogP contribution in [0.4, 0.5) is 40.6 Å². The van der Waals surface area contributed by atoms with E-state index in [1.807, 2.05) is 30.7 Å². The van der Waals surface area contributed by atoms with E-state index in [-0.39, 0.29) is 110 Å². The number of rotatable bonds is 16. The second-order valence-electron chi connectivity index (χ2n) is 18.4. The van der Waals surface area contributed by atoms with Gasteiger partial charge >= 0.3 is 6.18 Å². The largest absolute Gasteiger partial charge is 0.417 e. The third kappa shape index (κ3) is 11.5. The van der Waals surface area contributed by atoms with Crippen LogP contribution in [0.2, 0.25) is 0 Å². The van der Waals surface area contributed by atoms with E-state index in [9.17, 15) is 51.5 Å². The van der Waals surface area contributed by atoms with Crippen LogP contribution in [0, 0.1) is 5.82 Å². The second-order valence-corrected chi connectivity index (χ2v) is 18.4. The number of aromatic nitrogens is 3. The van der Waals surface area contributed by atoms with Crippen LogP contribution in [0.25, 0.3) is 11.1 Å². The third-order valence-corrected chi connectivity index (χ3v) is 13.5. The van der Waals surface area contributed by atoms with Crippen molar-refractivity contribution in [2.75, 3.05) is 93.1 Å². The molecular weight excluding hydrogens is 977 g/mol. The highest BCUT2D eigenvalue weighted by Gasteiger charge is 2.46. The summed E-state index contributed by atoms with van der Waals surface area (Å²) in [4.78, 5) is 121. The summed E-state index contributed by atoms with van der Waals surface area (Å²) >= 11 is 0. The normalized spacial score (nSPS) is 19.4. The lowest BCUT2D eigenvalue weighted by atomic mass is 10.0. The summed E-state index contributed by atoms with van der Waals surface area (Å²) < 4.78 is 63.6. The summed E-state index contributed by atoms with van der Waals surface area (Å²) in [6.45, 7) is 6.92. The Kier molecular flexibility index (Phi) is 15.7. The molecule has 1 unspecified atom stereocenters. The fourth-order valence-corrected chi connectivity index (χ4v) is 9.36. The molecule has 74 heavy (non-hydrogen) atoms. The number of carbonyl (C=O) groups excluding carboxylic acids is 7. The van der Waals surface area contributed by atoms with Crippen molar-refractivity contribution in [3.8, 4) is 11.1 Å². The van der Waals surface area contributed by atoms with Crippen molar-refractivity contribution >= 4 is 64.4 Å². The van der Waals surface area contributed by atoms with Crippen molar-refractivity contribution in [1.29, 1.82) is 0 Å². The zero-order valence-electron chi connectivity index (χ0n) is 40.6. The molecule has 2 aromatic carbocycles. The van der Waals surface area contributed by atoms with Crippen LogP contribution in [-0.2, 0) is 30.1 Å². The van der Waals surface area contributed by atoms with Gasteiger partial charge in [-0.05, 0) is 51.6 Å². The minimum absolute atomic E-state index is 0.0100. The standard InChI is InChI=1S/C49H54F4N12O9/c1-27-25-64(26-28(2)61(27)3)38-21-34(50)31(19-36(38)59-44(70)32-24-56-41(68)20-33(32)49(51,52)53)29-22-57-48(58-23-29)63-15-13-62(14-16-63)42(69)10-9-39(66)55-12-18-74-17-11-54-35-6-4-5-30-43(35)47(73)65(46(30)72)37-7-8-40(67)60-45(37)71/h4-6,19-24,27-28,37,54H,7-18,25-26H2,1-3H3,(H,55,66)(H,56,68)(H,59,70)(H,60,67,71)/t27-,28+,37?. The molecule has 8 rings (SSSR count). The van der Waals surface area contributed by atoms with Crippen LogP contribution in [0.5, 0.6) is 0 Å². The Balaban J connectivity index is 0.790. The van der Waals surface area contributed by atoms with E-state index in [4.69, 9.17) is 4.74 Å². The molecule has 3 fully saturated rings. The summed E-state index contributed by atoms with van der Waals surface area (Å²) in [5, 5.41) is 10.5. The predicted octanol–water partition coefficient (Wildman–Crippen LogP) is 2.85. The van der Waals surface area contributed by atoms with Gasteiger partial charge in [0, 0.05) is 125 Å². The number of benzene rings is 2. The van der Waals surface area contributed by atoms with E-state index in [1.165, 1.54) is 30.6 Å². The van der Waals surface area contributed by atoms with Crippen LogP contribution in [0.1, 0.15) is 76.2 Å². The minimum Gasteiger partial charge on any atom is -0.382 e. The molecule has 0 saturated carbocycles. The van der Waals surface area contributed by atoms with Gasteiger partial charge in [-0.15, -0.1) is 0 Å². The molecule has 25 heteroatoms. The first-order valence-corrected chi connectivity index (χ1v) is 24.0. The zero-order chi connectivity index (χ0) is 53.0. The molecule has 3 saturated heterocycles. The van der Waals surface area contributed by atoms with Gasteiger partial charge < -0.3 is 40.4 Å². The van der Waals surface area contributed by atoms with Gasteiger partial charge in [-0.2, -0.15) is 13.2 Å². The van der Waals surface area contributed by atoms with Crippen molar-refractivity contribution in [3.63, 3.8) is 0 Å². The average Bonchev–Trinajstić information content (AvgIpc) is 3.63. The van der Waals surface area contributed by atoms with Crippen LogP contribution >= 0.6 is 0 Å². The molecule has 0 aliphatic carbocycles. The summed E-state index contributed by atoms with van der Waals surface area (Å²) in [6, 6.07) is 6.52. The Morgan fingerprint density at radius 1 is 0.851 bits per heavy atom. The third-order valence-electron chi connectivity index (χ3n) is 13.5. The van der Waals surface area contributed by atoms with Gasteiger partial charge in [0.2, 0.25) is 35.1 Å². The first-order chi connectivity index (χ1) is 35.3. The number of carbonyl (C=O) groups is 7. The van der Waals surface area contributed by atoms with Crippen LogP contribution in [0.3, 0.4) is 0 Å². The lowest BCUT2D eigenvalue weighted by Crippen LogP contribution is -2.55. The monoisotopic (exact) mass is 1030 g/mol. The van der Waals surface area contributed by atoms with E-state index >= 15 is 4.39 Å². The maximum atomic E-state index is 16.1. The number of imide groups is 2. The van der Waals surface area contributed by atoms with Gasteiger partial charge in [0.15, 0.2) is 0 Å². The van der Waals surface area contributed by atoms with Crippen molar-refractivity contribution in [2.24, 2.45) is 0 Å². The molecule has 4 aliphatic heterocycles. The molecule has 5 N–H and O–H groups in total. The summed E-state index contributed by atoms with van der Waals surface area (Å²) in [5.74, 6) is -4.53. The molecule has 0 spiro atoms. The Hall–Kier alpha value is -7.80. The molecule has 4 aromatic rings. The van der Waals surface area contributed by atoms with E-state index in [0.717, 1.165) is 4.90 Å². The number of ether oxygens (including phenoxy) is 1. The Morgan fingerprint density at radius 2 is 1.55 bits per heavy atom. The highest BCUT2D eigenvalue weighted by atomic mass is 19.4. The number of anilines is 4. The molecule has 392 valence electrons. The SMILES string of the molecule is C[C@@H]1CN(c2cc(F)c(-c3cnc(N4CCN(C(=O)CCC(=O)NCCOCCNc5cccc6c5C(=O)N(C5CCC(=O)NC5=O)C6=O)CC4)nc3)cc2NC(=O)c2c[nH]c(=O)cc2C(F)(F)F)C[C@H](C)N1C. The van der Waals surface area contributed by atoms with Crippen molar-refractivity contribution in [2.45, 2.75) is 63.8 Å². The Labute approximate surface area is 421 Å². The number of aromatic amines is 1. The number of pyridine rings is 1. The van der Waals surface area contributed by atoms with Gasteiger partial charge in [-0.3, -0.25) is 53.5 Å². The Morgan fingerprint density at radius 3 is 2.24 bits per heavy atom. The molecule has 3 atom stereocenters. The first kappa shape index (κ1) is 52.5. The maximum Gasteiger partial charge on any atom is 0.417 e. The van der Waals surface area contributed by atoms with Crippen LogP contribution in [-0.4, -0.2) is 162 Å². The number of likely N-dealkylation sites (N-methyl/N-ethyl adjacent to an activating group) is 1. The number of nitrogens with zero attached hydrogens (tertiary/aromatic N) is 7. The van der Waals surface area contributed by atoms with Crippen molar-refractivity contribution in [3.05, 3.63) is 93.4 Å². The van der Waals surface area contributed by atoms with E-state index in [1.54, 1.807) is 17.0 Å². The molecular formula is C49H54F4N12O9. The molecule has 6 heterocycles. The number of alkyl halides is 3. The molecule has 21 nitrogen and oxygen atoms in total. The number of fused-ring (bicyclic) bond motifs is 1. The smallest absolute Gasteiger partial charge is 0.382 e. The highest BCUT2D eigenvalue weighted by molar-refractivity contribution is 6.25. The number of H-pyrrole nitrogens is 1. The fourth-order valence-electron chi connectivity index (χ4n) is 9.36. The summed E-state index contributed by atoms with van der Waals surface area (Å²) in [7, 11) is 1.95. The molecule has 0 bridgehead atoms. The van der Waals surface area contributed by atoms with Crippen molar-refractivity contribution < 1.29 is 55.9 Å². The number of halogens is 4. The van der Waals surface area contributed by atoms with Gasteiger partial charge in [0.1, 0.15) is 11.9 Å². The predicted molar refractivity (Wildman–Crippen MR) is 260 cm³/mol. The second kappa shape index (κ2) is 22.1. The van der Waals surface area contributed by atoms with E-state index in [0.29, 0.717) is 63.2 Å². The number of piperazine rings is 2. The average molecular weight is 1030 g/mol. The minimum atomic E-state index is -5.01. The fraction of sp³-hybridized carbons (Fsp3) is 0.429. The van der Waals surface area contributed by atoms with Crippen LogP contribution in [0.15, 0.2) is 59.8 Å². The topological polar surface area (TPSA) is 252 Å². The number of amides is 7. The lowest BCUT2D eigenvalue weighted by molar-refractivity contribution is -0.138. The quantitative estimate of drug-likeness (QED) is 0.0615. The number of nitrogens with one attached hydrogen (secondary N) is 5. The van der Waals surface area contributed by atoms with E-state index < -0.39 is 64.3 Å². The number of hydrogen-bond donors (Lipinski definition) is 5. The van der Waals surface area contributed by atoms with Crippen molar-refractivity contribution in [1.82, 2.24) is 40.3 Å².